The third kappa shape index (κ3) is 30.4. The summed E-state index contributed by atoms with van der Waals surface area (Å²) >= 11 is 0. The lowest BCUT2D eigenvalue weighted by Crippen LogP contribution is -2.23. The summed E-state index contributed by atoms with van der Waals surface area (Å²) in [5, 5.41) is 0. The van der Waals surface area contributed by atoms with E-state index in [1.807, 2.05) is 41.5 Å². The maximum atomic E-state index is 10.8. The fraction of sp³-hybridized carbons (Fsp3) is 0.625. The van der Waals surface area contributed by atoms with Crippen LogP contribution in [0.3, 0.4) is 0 Å². The smallest absolute Gasteiger partial charge is 0.333 e. The van der Waals surface area contributed by atoms with Crippen molar-refractivity contribution in [2.24, 2.45) is 0 Å². The second-order valence-electron chi connectivity index (χ2n) is 8.45. The Hall–Kier alpha value is -2.37. The summed E-state index contributed by atoms with van der Waals surface area (Å²) in [5.41, 5.74) is -0.365. The van der Waals surface area contributed by atoms with Crippen molar-refractivity contribution in [2.45, 2.75) is 92.3 Å². The molecule has 0 aromatic rings. The standard InChI is InChI=1S/C9H16O2.C8H14O2.C7H12O2/c1-3-5-6-7-8-11-9(10)4-2;1-6(2)7(9)10-8(3,4)5;1-5-6(8)9-7(2,3)4/h4H,2-3,5-8H2,1H3;1H2,2-5H3;5H,1H2,2-4H3. The van der Waals surface area contributed by atoms with E-state index in [2.05, 4.69) is 26.7 Å². The van der Waals surface area contributed by atoms with Gasteiger partial charge in [-0.3, -0.25) is 0 Å². The van der Waals surface area contributed by atoms with Crippen LogP contribution in [0.4, 0.5) is 0 Å². The topological polar surface area (TPSA) is 78.9 Å². The van der Waals surface area contributed by atoms with Gasteiger partial charge >= 0.3 is 17.9 Å². The van der Waals surface area contributed by atoms with Gasteiger partial charge in [0.2, 0.25) is 0 Å². The number of rotatable bonds is 8. The molecule has 6 nitrogen and oxygen atoms in total. The number of hydrogen-bond acceptors (Lipinski definition) is 6. The maximum Gasteiger partial charge on any atom is 0.333 e. The molecule has 0 aliphatic carbocycles. The summed E-state index contributed by atoms with van der Waals surface area (Å²) in [5.74, 6) is -1.02. The van der Waals surface area contributed by atoms with E-state index < -0.39 is 11.2 Å². The third-order valence-corrected chi connectivity index (χ3v) is 2.73. The van der Waals surface area contributed by atoms with Crippen LogP contribution in [-0.2, 0) is 28.6 Å². The zero-order chi connectivity index (χ0) is 24.4. The lowest BCUT2D eigenvalue weighted by atomic mass is 10.2. The minimum absolute atomic E-state index is 0.318. The largest absolute Gasteiger partial charge is 0.463 e. The molecule has 0 rings (SSSR count). The van der Waals surface area contributed by atoms with Gasteiger partial charge in [0.25, 0.3) is 0 Å². The molecular weight excluding hydrogens is 384 g/mol. The van der Waals surface area contributed by atoms with Gasteiger partial charge in [-0.1, -0.05) is 45.9 Å². The Balaban J connectivity index is -0.000000366. The normalized spacial score (nSPS) is 10.1. The fourth-order valence-electron chi connectivity index (χ4n) is 1.47. The van der Waals surface area contributed by atoms with Gasteiger partial charge in [-0.25, -0.2) is 14.4 Å². The predicted octanol–water partition coefficient (Wildman–Crippen LogP) is 5.71. The van der Waals surface area contributed by atoms with Gasteiger partial charge in [0, 0.05) is 17.7 Å². The lowest BCUT2D eigenvalue weighted by molar-refractivity contribution is -0.150. The van der Waals surface area contributed by atoms with Gasteiger partial charge in [-0.05, 0) is 54.9 Å². The van der Waals surface area contributed by atoms with Crippen molar-refractivity contribution in [3.63, 3.8) is 0 Å². The first kappa shape index (κ1) is 32.3. The summed E-state index contributed by atoms with van der Waals surface area (Å²) < 4.78 is 14.6. The average molecular weight is 427 g/mol. The van der Waals surface area contributed by atoms with E-state index in [-0.39, 0.29) is 17.9 Å². The highest BCUT2D eigenvalue weighted by Crippen LogP contribution is 2.09. The zero-order valence-electron chi connectivity index (χ0n) is 20.3. The van der Waals surface area contributed by atoms with Crippen molar-refractivity contribution in [2.75, 3.05) is 6.61 Å². The SMILES string of the molecule is C=C(C)C(=O)OC(C)(C)C.C=CC(=O)OC(C)(C)C.C=CC(=O)OCCCCCC. The Morgan fingerprint density at radius 3 is 1.53 bits per heavy atom. The van der Waals surface area contributed by atoms with Gasteiger partial charge < -0.3 is 14.2 Å². The molecule has 30 heavy (non-hydrogen) atoms. The van der Waals surface area contributed by atoms with Crippen LogP contribution < -0.4 is 0 Å². The molecule has 0 spiro atoms. The highest BCUT2D eigenvalue weighted by atomic mass is 16.6. The van der Waals surface area contributed by atoms with Crippen molar-refractivity contribution in [3.05, 3.63) is 37.5 Å². The quantitative estimate of drug-likeness (QED) is 0.214. The zero-order valence-corrected chi connectivity index (χ0v) is 20.3. The molecule has 0 atom stereocenters. The van der Waals surface area contributed by atoms with Gasteiger partial charge in [0.1, 0.15) is 11.2 Å². The summed E-state index contributed by atoms with van der Waals surface area (Å²) in [6, 6.07) is 0. The molecule has 0 aromatic heterocycles. The fourth-order valence-corrected chi connectivity index (χ4v) is 1.47. The molecule has 0 heterocycles. The first-order chi connectivity index (χ1) is 13.6. The van der Waals surface area contributed by atoms with Crippen LogP contribution in [0.15, 0.2) is 37.5 Å². The second-order valence-corrected chi connectivity index (χ2v) is 8.45. The monoisotopic (exact) mass is 426 g/mol. The third-order valence-electron chi connectivity index (χ3n) is 2.73. The van der Waals surface area contributed by atoms with E-state index in [9.17, 15) is 14.4 Å². The molecule has 0 aliphatic rings. The van der Waals surface area contributed by atoms with E-state index >= 15 is 0 Å². The van der Waals surface area contributed by atoms with E-state index in [0.29, 0.717) is 12.2 Å². The van der Waals surface area contributed by atoms with Gasteiger partial charge in [-0.15, -0.1) is 0 Å². The summed E-state index contributed by atoms with van der Waals surface area (Å²) in [6.07, 6.45) is 6.88. The van der Waals surface area contributed by atoms with Gasteiger partial charge in [0.05, 0.1) is 6.61 Å². The van der Waals surface area contributed by atoms with E-state index in [1.54, 1.807) is 6.92 Å². The summed E-state index contributed by atoms with van der Waals surface area (Å²) in [6.45, 7) is 25.3. The molecule has 6 heteroatoms. The Bertz CT molecular complexity index is 547. The van der Waals surface area contributed by atoms with Gasteiger partial charge in [0.15, 0.2) is 0 Å². The summed E-state index contributed by atoms with van der Waals surface area (Å²) in [7, 11) is 0. The van der Waals surface area contributed by atoms with Crippen molar-refractivity contribution in [1.82, 2.24) is 0 Å². The molecule has 0 fully saturated rings. The number of carbonyl (C=O) groups excluding carboxylic acids is 3. The van der Waals surface area contributed by atoms with Crippen molar-refractivity contribution >= 4 is 17.9 Å². The van der Waals surface area contributed by atoms with Crippen LogP contribution in [0.25, 0.3) is 0 Å². The lowest BCUT2D eigenvalue weighted by Gasteiger charge is -2.19. The van der Waals surface area contributed by atoms with Crippen LogP contribution in [0, 0.1) is 0 Å². The van der Waals surface area contributed by atoms with E-state index in [0.717, 1.165) is 18.9 Å². The van der Waals surface area contributed by atoms with E-state index in [4.69, 9.17) is 14.2 Å². The number of hydrogen-bond donors (Lipinski definition) is 0. The van der Waals surface area contributed by atoms with Crippen LogP contribution in [0.2, 0.25) is 0 Å². The molecule has 0 radical (unpaired) electrons. The van der Waals surface area contributed by atoms with Crippen LogP contribution >= 0.6 is 0 Å². The van der Waals surface area contributed by atoms with E-state index in [1.165, 1.54) is 18.9 Å². The van der Waals surface area contributed by atoms with Crippen molar-refractivity contribution in [1.29, 1.82) is 0 Å². The number of esters is 3. The number of unbranched alkanes of at least 4 members (excludes halogenated alkanes) is 3. The molecule has 0 N–H and O–H groups in total. The van der Waals surface area contributed by atoms with Gasteiger partial charge in [-0.2, -0.15) is 0 Å². The first-order valence-electron chi connectivity index (χ1n) is 10.1. The second kappa shape index (κ2) is 17.5. The van der Waals surface area contributed by atoms with Crippen molar-refractivity contribution < 1.29 is 28.6 Å². The first-order valence-corrected chi connectivity index (χ1v) is 10.1. The molecular formula is C24H42O6. The highest BCUT2D eigenvalue weighted by Gasteiger charge is 2.16. The molecule has 0 amide bonds. The summed E-state index contributed by atoms with van der Waals surface area (Å²) in [4.78, 5) is 31.8. The molecule has 0 unspecified atom stereocenters. The highest BCUT2D eigenvalue weighted by molar-refractivity contribution is 5.87. The Labute approximate surface area is 183 Å². The Kier molecular flexibility index (Phi) is 18.8. The maximum absolute atomic E-state index is 10.8. The minimum Gasteiger partial charge on any atom is -0.463 e. The van der Waals surface area contributed by atoms with Crippen LogP contribution in [0.5, 0.6) is 0 Å². The van der Waals surface area contributed by atoms with Crippen LogP contribution in [-0.4, -0.2) is 35.7 Å². The predicted molar refractivity (Wildman–Crippen MR) is 122 cm³/mol. The molecule has 0 saturated carbocycles. The Morgan fingerprint density at radius 1 is 0.800 bits per heavy atom. The molecule has 0 aromatic carbocycles. The number of ether oxygens (including phenoxy) is 3. The molecule has 174 valence electrons. The van der Waals surface area contributed by atoms with Crippen molar-refractivity contribution in [3.8, 4) is 0 Å². The molecule has 0 aliphatic heterocycles. The minimum atomic E-state index is -0.407. The average Bonchev–Trinajstić information content (AvgIpc) is 2.59. The van der Waals surface area contributed by atoms with Crippen LogP contribution in [0.1, 0.15) is 81.1 Å². The molecule has 0 bridgehead atoms. The Morgan fingerprint density at radius 2 is 1.27 bits per heavy atom. The number of carbonyl (C=O) groups is 3. The molecule has 0 saturated heterocycles.